The number of hydrogen-bond acceptors (Lipinski definition) is 2. The molecule has 2 aliphatic rings. The highest BCUT2D eigenvalue weighted by molar-refractivity contribution is 6.48. The molecule has 1 saturated carbocycles. The Hall–Kier alpha value is 0.137. The largest absolute Gasteiger partial charge is 0.435 e. The van der Waals surface area contributed by atoms with Gasteiger partial charge in [-0.15, -0.1) is 0 Å². The second-order valence-corrected chi connectivity index (χ2v) is 8.31. The fourth-order valence-electron chi connectivity index (χ4n) is 3.34. The van der Waals surface area contributed by atoms with Crippen molar-refractivity contribution in [2.75, 3.05) is 0 Å². The Labute approximate surface area is 101 Å². The molecule has 1 saturated heterocycles. The van der Waals surface area contributed by atoms with Crippen molar-refractivity contribution in [3.05, 3.63) is 0 Å². The zero-order valence-corrected chi connectivity index (χ0v) is 12.0. The third-order valence-corrected chi connectivity index (χ3v) is 5.75. The number of fused-ring (bicyclic) bond motifs is 1. The SMILES string of the molecule is CC1CC(CCCC[SiH](C)O)C(C)C2OC12. The van der Waals surface area contributed by atoms with Gasteiger partial charge in [0.25, 0.3) is 0 Å². The van der Waals surface area contributed by atoms with Crippen LogP contribution in [0.2, 0.25) is 12.6 Å². The lowest BCUT2D eigenvalue weighted by molar-refractivity contribution is 0.221. The van der Waals surface area contributed by atoms with Crippen molar-refractivity contribution in [1.29, 1.82) is 0 Å². The van der Waals surface area contributed by atoms with E-state index in [0.29, 0.717) is 12.2 Å². The molecule has 0 aromatic heterocycles. The minimum absolute atomic E-state index is 0.583. The van der Waals surface area contributed by atoms with Crippen LogP contribution < -0.4 is 0 Å². The molecule has 0 aromatic carbocycles. The van der Waals surface area contributed by atoms with Crippen molar-refractivity contribution in [1.82, 2.24) is 0 Å². The van der Waals surface area contributed by atoms with Crippen LogP contribution in [0.25, 0.3) is 0 Å². The van der Waals surface area contributed by atoms with Gasteiger partial charge in [-0.25, -0.2) is 0 Å². The maximum Gasteiger partial charge on any atom is 0.169 e. The van der Waals surface area contributed by atoms with Crippen LogP contribution in [-0.2, 0) is 4.74 Å². The molecular formula is C13H26O2Si. The quantitative estimate of drug-likeness (QED) is 0.456. The average Bonchev–Trinajstić information content (AvgIpc) is 2.99. The van der Waals surface area contributed by atoms with E-state index in [4.69, 9.17) is 4.74 Å². The second-order valence-electron chi connectivity index (χ2n) is 6.03. The Bertz CT molecular complexity index is 232. The fraction of sp³-hybridized carbons (Fsp3) is 1.00. The van der Waals surface area contributed by atoms with Crippen LogP contribution in [0.4, 0.5) is 0 Å². The molecule has 1 N–H and O–H groups in total. The minimum Gasteiger partial charge on any atom is -0.435 e. The van der Waals surface area contributed by atoms with Gasteiger partial charge in [0.15, 0.2) is 9.04 Å². The average molecular weight is 242 g/mol. The molecule has 6 atom stereocenters. The lowest BCUT2D eigenvalue weighted by Gasteiger charge is -2.29. The van der Waals surface area contributed by atoms with Gasteiger partial charge in [0.1, 0.15) is 0 Å². The molecule has 2 nitrogen and oxygen atoms in total. The molecule has 0 amide bonds. The van der Waals surface area contributed by atoms with E-state index in [1.807, 2.05) is 6.55 Å². The minimum atomic E-state index is -1.30. The van der Waals surface area contributed by atoms with E-state index >= 15 is 0 Å². The van der Waals surface area contributed by atoms with Gasteiger partial charge >= 0.3 is 0 Å². The van der Waals surface area contributed by atoms with E-state index in [2.05, 4.69) is 13.8 Å². The Morgan fingerprint density at radius 3 is 2.69 bits per heavy atom. The summed E-state index contributed by atoms with van der Waals surface area (Å²) in [6, 6.07) is 1.10. The molecule has 0 spiro atoms. The third kappa shape index (κ3) is 2.87. The van der Waals surface area contributed by atoms with E-state index in [-0.39, 0.29) is 0 Å². The Kier molecular flexibility index (Phi) is 4.09. The van der Waals surface area contributed by atoms with Crippen molar-refractivity contribution in [2.24, 2.45) is 17.8 Å². The van der Waals surface area contributed by atoms with E-state index in [9.17, 15) is 4.80 Å². The molecule has 0 radical (unpaired) electrons. The standard InChI is InChI=1S/C13H26O2Si/c1-9-8-11(6-4-5-7-16(3)14)10(2)13-12(9)15-13/h9-14,16H,4-8H2,1-3H3. The van der Waals surface area contributed by atoms with Crippen LogP contribution in [0, 0.1) is 17.8 Å². The van der Waals surface area contributed by atoms with Gasteiger partial charge in [0, 0.05) is 0 Å². The van der Waals surface area contributed by atoms with Gasteiger partial charge in [-0.1, -0.05) is 33.1 Å². The number of epoxide rings is 1. The first kappa shape index (κ1) is 12.6. The topological polar surface area (TPSA) is 32.8 Å². The molecule has 6 unspecified atom stereocenters. The summed E-state index contributed by atoms with van der Waals surface area (Å²) in [7, 11) is -1.30. The first-order valence-electron chi connectivity index (χ1n) is 6.93. The molecule has 1 aliphatic carbocycles. The number of hydrogen-bond donors (Lipinski definition) is 1. The van der Waals surface area contributed by atoms with Crippen molar-refractivity contribution in [3.8, 4) is 0 Å². The molecule has 2 fully saturated rings. The van der Waals surface area contributed by atoms with Gasteiger partial charge in [-0.2, -0.15) is 0 Å². The first-order chi connectivity index (χ1) is 7.59. The van der Waals surface area contributed by atoms with Crippen LogP contribution in [0.1, 0.15) is 39.5 Å². The Morgan fingerprint density at radius 2 is 2.00 bits per heavy atom. The molecule has 1 heterocycles. The fourth-order valence-corrected chi connectivity index (χ4v) is 4.22. The predicted octanol–water partition coefficient (Wildman–Crippen LogP) is 2.56. The van der Waals surface area contributed by atoms with Gasteiger partial charge < -0.3 is 9.53 Å². The molecule has 2 rings (SSSR count). The summed E-state index contributed by atoms with van der Waals surface area (Å²) in [5, 5.41) is 0. The first-order valence-corrected chi connectivity index (χ1v) is 9.42. The van der Waals surface area contributed by atoms with Crippen molar-refractivity contribution in [2.45, 2.75) is 64.3 Å². The summed E-state index contributed by atoms with van der Waals surface area (Å²) in [4.78, 5) is 9.35. The second kappa shape index (κ2) is 5.19. The maximum absolute atomic E-state index is 9.35. The highest BCUT2D eigenvalue weighted by atomic mass is 28.3. The maximum atomic E-state index is 9.35. The lowest BCUT2D eigenvalue weighted by atomic mass is 9.73. The van der Waals surface area contributed by atoms with E-state index < -0.39 is 9.04 Å². The highest BCUT2D eigenvalue weighted by Crippen LogP contribution is 2.48. The van der Waals surface area contributed by atoms with Crippen LogP contribution >= 0.6 is 0 Å². The van der Waals surface area contributed by atoms with E-state index in [0.717, 1.165) is 23.8 Å². The molecule has 0 bridgehead atoms. The smallest absolute Gasteiger partial charge is 0.169 e. The summed E-state index contributed by atoms with van der Waals surface area (Å²) >= 11 is 0. The van der Waals surface area contributed by atoms with Gasteiger partial charge in [-0.3, -0.25) is 0 Å². The number of unbranched alkanes of at least 4 members (excludes halogenated alkanes) is 1. The van der Waals surface area contributed by atoms with Crippen molar-refractivity contribution >= 4 is 9.04 Å². The zero-order valence-electron chi connectivity index (χ0n) is 10.9. The molecular weight excluding hydrogens is 216 g/mol. The van der Waals surface area contributed by atoms with Crippen LogP contribution in [0.15, 0.2) is 0 Å². The molecule has 16 heavy (non-hydrogen) atoms. The van der Waals surface area contributed by atoms with Gasteiger partial charge in [0.2, 0.25) is 0 Å². The van der Waals surface area contributed by atoms with Crippen LogP contribution in [0.5, 0.6) is 0 Å². The van der Waals surface area contributed by atoms with Crippen molar-refractivity contribution in [3.63, 3.8) is 0 Å². The zero-order chi connectivity index (χ0) is 11.7. The third-order valence-electron chi connectivity index (χ3n) is 4.51. The number of rotatable bonds is 5. The van der Waals surface area contributed by atoms with E-state index in [1.54, 1.807) is 0 Å². The summed E-state index contributed by atoms with van der Waals surface area (Å²) in [5.74, 6) is 2.41. The van der Waals surface area contributed by atoms with Crippen molar-refractivity contribution < 1.29 is 9.53 Å². The summed E-state index contributed by atoms with van der Waals surface area (Å²) < 4.78 is 5.74. The summed E-state index contributed by atoms with van der Waals surface area (Å²) in [5.41, 5.74) is 0. The molecule has 1 aliphatic heterocycles. The Balaban J connectivity index is 1.68. The molecule has 94 valence electrons. The van der Waals surface area contributed by atoms with Gasteiger partial charge in [0.05, 0.1) is 12.2 Å². The Morgan fingerprint density at radius 1 is 1.25 bits per heavy atom. The molecule has 3 heteroatoms. The van der Waals surface area contributed by atoms with Crippen LogP contribution in [-0.4, -0.2) is 26.0 Å². The summed E-state index contributed by atoms with van der Waals surface area (Å²) in [6.07, 6.45) is 6.41. The summed E-state index contributed by atoms with van der Waals surface area (Å²) in [6.45, 7) is 6.73. The van der Waals surface area contributed by atoms with E-state index in [1.165, 1.54) is 25.7 Å². The highest BCUT2D eigenvalue weighted by Gasteiger charge is 2.52. The van der Waals surface area contributed by atoms with Crippen LogP contribution in [0.3, 0.4) is 0 Å². The lowest BCUT2D eigenvalue weighted by Crippen LogP contribution is -2.29. The monoisotopic (exact) mass is 242 g/mol. The van der Waals surface area contributed by atoms with Gasteiger partial charge in [-0.05, 0) is 36.8 Å². The predicted molar refractivity (Wildman–Crippen MR) is 69.0 cm³/mol. The number of ether oxygens (including phenoxy) is 1. The normalized spacial score (nSPS) is 43.9. The molecule has 0 aromatic rings.